The van der Waals surface area contributed by atoms with Gasteiger partial charge in [0.05, 0.1) is 23.0 Å². The predicted octanol–water partition coefficient (Wildman–Crippen LogP) is 2.95. The number of nitrogens with zero attached hydrogens (tertiary/aromatic N) is 2. The zero-order valence-electron chi connectivity index (χ0n) is 12.6. The van der Waals surface area contributed by atoms with Gasteiger partial charge in [0.15, 0.2) is 0 Å². The second-order valence-electron chi connectivity index (χ2n) is 5.65. The zero-order chi connectivity index (χ0) is 17.3. The lowest BCUT2D eigenvalue weighted by molar-refractivity contribution is -0.139. The van der Waals surface area contributed by atoms with E-state index >= 15 is 0 Å². The first-order chi connectivity index (χ1) is 11.4. The molecule has 0 radical (unpaired) electrons. The molecule has 8 heteroatoms. The van der Waals surface area contributed by atoms with E-state index < -0.39 is 28.1 Å². The van der Waals surface area contributed by atoms with Gasteiger partial charge < -0.3 is 0 Å². The Morgan fingerprint density at radius 3 is 2.46 bits per heavy atom. The van der Waals surface area contributed by atoms with Crippen molar-refractivity contribution in [1.82, 2.24) is 9.78 Å². The molecule has 1 aliphatic rings. The number of alkyl halides is 3. The van der Waals surface area contributed by atoms with Gasteiger partial charge in [0.1, 0.15) is 5.56 Å². The summed E-state index contributed by atoms with van der Waals surface area (Å²) in [6, 6.07) is 9.44. The van der Waals surface area contributed by atoms with E-state index in [1.54, 1.807) is 30.3 Å². The highest BCUT2D eigenvalue weighted by Crippen LogP contribution is 2.40. The third kappa shape index (κ3) is 3.75. The van der Waals surface area contributed by atoms with Gasteiger partial charge in [-0.15, -0.1) is 0 Å². The molecular weight excluding hydrogens is 341 g/mol. The number of benzene rings is 1. The second kappa shape index (κ2) is 6.51. The number of hydrogen-bond donors (Lipinski definition) is 0. The summed E-state index contributed by atoms with van der Waals surface area (Å²) in [7, 11) is -1.40. The van der Waals surface area contributed by atoms with Gasteiger partial charge in [-0.1, -0.05) is 18.2 Å². The van der Waals surface area contributed by atoms with E-state index in [1.165, 1.54) is 0 Å². The van der Waals surface area contributed by atoms with Crippen molar-refractivity contribution < 1.29 is 17.4 Å². The van der Waals surface area contributed by atoms with Crippen molar-refractivity contribution in [3.05, 3.63) is 58.0 Å². The molecule has 4 nitrogen and oxygen atoms in total. The Balaban J connectivity index is 1.86. The summed E-state index contributed by atoms with van der Waals surface area (Å²) in [5.41, 5.74) is -2.10. The zero-order valence-corrected chi connectivity index (χ0v) is 13.4. The van der Waals surface area contributed by atoms with E-state index in [2.05, 4.69) is 5.10 Å². The second-order valence-corrected chi connectivity index (χ2v) is 7.22. The maximum Gasteiger partial charge on any atom is 0.421 e. The van der Waals surface area contributed by atoms with Crippen LogP contribution in [0.15, 0.2) is 46.1 Å². The first-order valence-electron chi connectivity index (χ1n) is 7.49. The van der Waals surface area contributed by atoms with Crippen LogP contribution < -0.4 is 5.56 Å². The van der Waals surface area contributed by atoms with E-state index in [-0.39, 0.29) is 23.9 Å². The summed E-state index contributed by atoms with van der Waals surface area (Å²) in [4.78, 5) is 12.6. The monoisotopic (exact) mass is 356 g/mol. The average molecular weight is 356 g/mol. The Labute approximate surface area is 138 Å². The summed E-state index contributed by atoms with van der Waals surface area (Å²) in [6.45, 7) is -0.121. The summed E-state index contributed by atoms with van der Waals surface area (Å²) in [5, 5.41) is 4.04. The molecule has 0 spiro atoms. The number of aromatic nitrogens is 2. The minimum Gasteiger partial charge on any atom is -0.267 e. The van der Waals surface area contributed by atoms with Crippen molar-refractivity contribution in [3.8, 4) is 0 Å². The van der Waals surface area contributed by atoms with Crippen molar-refractivity contribution in [3.63, 3.8) is 0 Å². The summed E-state index contributed by atoms with van der Waals surface area (Å²) >= 11 is 0. The van der Waals surface area contributed by atoms with E-state index in [9.17, 15) is 22.2 Å². The number of hydrogen-bond acceptors (Lipinski definition) is 3. The summed E-state index contributed by atoms with van der Waals surface area (Å²) < 4.78 is 52.2. The first kappa shape index (κ1) is 16.9. The summed E-state index contributed by atoms with van der Waals surface area (Å²) in [6.07, 6.45) is -3.17. The largest absolute Gasteiger partial charge is 0.421 e. The molecule has 0 amide bonds. The predicted molar refractivity (Wildman–Crippen MR) is 83.2 cm³/mol. The fourth-order valence-electron chi connectivity index (χ4n) is 2.36. The smallest absolute Gasteiger partial charge is 0.267 e. The first-order valence-corrected chi connectivity index (χ1v) is 8.81. The number of rotatable bonds is 5. The molecule has 1 aliphatic carbocycles. The van der Waals surface area contributed by atoms with Crippen molar-refractivity contribution in [1.29, 1.82) is 0 Å². The van der Waals surface area contributed by atoms with Crippen LogP contribution in [0.1, 0.15) is 30.0 Å². The molecule has 1 fully saturated rings. The minimum atomic E-state index is -4.72. The Hall–Kier alpha value is -1.96. The lowest BCUT2D eigenvalue weighted by Gasteiger charge is -2.12. The molecule has 1 atom stereocenters. The van der Waals surface area contributed by atoms with Crippen molar-refractivity contribution in [2.24, 2.45) is 0 Å². The fourth-order valence-corrected chi connectivity index (χ4v) is 3.39. The molecular formula is C16H15F3N2O2S. The minimum absolute atomic E-state index is 0.0161. The molecule has 0 unspecified atom stereocenters. The molecule has 24 heavy (non-hydrogen) atoms. The molecule has 1 aromatic carbocycles. The highest BCUT2D eigenvalue weighted by atomic mass is 32.2. The molecule has 0 aliphatic heterocycles. The van der Waals surface area contributed by atoms with Gasteiger partial charge in [-0.05, 0) is 31.0 Å². The molecule has 0 bridgehead atoms. The van der Waals surface area contributed by atoms with Crippen LogP contribution in [0.3, 0.4) is 0 Å². The van der Waals surface area contributed by atoms with Gasteiger partial charge in [-0.3, -0.25) is 9.00 Å². The summed E-state index contributed by atoms with van der Waals surface area (Å²) in [5.74, 6) is 0.0140. The van der Waals surface area contributed by atoms with Crippen molar-refractivity contribution in [2.45, 2.75) is 36.4 Å². The molecule has 128 valence electrons. The van der Waals surface area contributed by atoms with E-state index in [0.29, 0.717) is 4.90 Å². The fraction of sp³-hybridized carbons (Fsp3) is 0.375. The van der Waals surface area contributed by atoms with E-state index in [1.807, 2.05) is 0 Å². The van der Waals surface area contributed by atoms with Crippen LogP contribution in [0.5, 0.6) is 0 Å². The lowest BCUT2D eigenvalue weighted by atomic mass is 10.2. The van der Waals surface area contributed by atoms with Crippen LogP contribution in [-0.4, -0.2) is 19.7 Å². The topological polar surface area (TPSA) is 52.0 Å². The average Bonchev–Trinajstić information content (AvgIpc) is 3.38. The van der Waals surface area contributed by atoms with Gasteiger partial charge in [-0.25, -0.2) is 4.68 Å². The quantitative estimate of drug-likeness (QED) is 0.828. The van der Waals surface area contributed by atoms with Gasteiger partial charge in [0.25, 0.3) is 5.56 Å². The van der Waals surface area contributed by atoms with Crippen LogP contribution in [0, 0.1) is 0 Å². The van der Waals surface area contributed by atoms with Gasteiger partial charge >= 0.3 is 6.18 Å². The van der Waals surface area contributed by atoms with Crippen LogP contribution in [0.2, 0.25) is 0 Å². The maximum atomic E-state index is 13.1. The lowest BCUT2D eigenvalue weighted by Crippen LogP contribution is -2.32. The van der Waals surface area contributed by atoms with Crippen molar-refractivity contribution in [2.75, 3.05) is 5.75 Å². The van der Waals surface area contributed by atoms with Crippen LogP contribution in [-0.2, 0) is 23.5 Å². The van der Waals surface area contributed by atoms with Gasteiger partial charge in [0.2, 0.25) is 0 Å². The Morgan fingerprint density at radius 1 is 1.21 bits per heavy atom. The molecule has 1 heterocycles. The Kier molecular flexibility index (Phi) is 4.58. The SMILES string of the molecule is O=c1c(C(F)(F)F)cc(C2CC2)nn1CC[S@@](=O)c1ccccc1. The normalized spacial score (nSPS) is 16.1. The van der Waals surface area contributed by atoms with Gasteiger partial charge in [-0.2, -0.15) is 18.3 Å². The van der Waals surface area contributed by atoms with Crippen LogP contribution in [0.4, 0.5) is 13.2 Å². The third-order valence-corrected chi connectivity index (χ3v) is 5.14. The molecule has 0 saturated heterocycles. The Bertz CT molecular complexity index is 814. The van der Waals surface area contributed by atoms with Crippen LogP contribution in [0.25, 0.3) is 0 Å². The molecule has 0 N–H and O–H groups in total. The van der Waals surface area contributed by atoms with Gasteiger partial charge in [0, 0.05) is 16.6 Å². The Morgan fingerprint density at radius 2 is 1.88 bits per heavy atom. The maximum absolute atomic E-state index is 13.1. The number of halogens is 3. The molecule has 1 aromatic heterocycles. The van der Waals surface area contributed by atoms with E-state index in [0.717, 1.165) is 23.6 Å². The van der Waals surface area contributed by atoms with E-state index in [4.69, 9.17) is 0 Å². The standard InChI is InChI=1S/C16H15F3N2O2S/c17-16(18,19)13-10-14(11-6-7-11)20-21(15(13)22)8-9-24(23)12-4-2-1-3-5-12/h1-5,10-11H,6-9H2/t24-/m1/s1. The molecule has 1 saturated carbocycles. The van der Waals surface area contributed by atoms with Crippen molar-refractivity contribution >= 4 is 10.8 Å². The number of aryl methyl sites for hydroxylation is 1. The molecule has 3 rings (SSSR count). The highest BCUT2D eigenvalue weighted by molar-refractivity contribution is 7.85. The van der Waals surface area contributed by atoms with Crippen LogP contribution >= 0.6 is 0 Å². The third-order valence-electron chi connectivity index (χ3n) is 3.79. The molecule has 2 aromatic rings. The highest BCUT2D eigenvalue weighted by Gasteiger charge is 2.37.